The van der Waals surface area contributed by atoms with Crippen LogP contribution >= 0.6 is 0 Å². The zero-order chi connectivity index (χ0) is 30.8. The van der Waals surface area contributed by atoms with Gasteiger partial charge in [-0.15, -0.1) is 0 Å². The summed E-state index contributed by atoms with van der Waals surface area (Å²) in [5.74, 6) is 0.534. The minimum absolute atomic E-state index is 0.0809. The maximum Gasteiger partial charge on any atom is 0.234 e. The van der Waals surface area contributed by atoms with Gasteiger partial charge in [-0.2, -0.15) is 0 Å². The minimum Gasteiger partial charge on any atom is -0.211 e. The molecule has 0 saturated heterocycles. The molecule has 0 spiro atoms. The van der Waals surface area contributed by atoms with Gasteiger partial charge in [0.25, 0.3) is 0 Å². The van der Waals surface area contributed by atoms with Crippen LogP contribution in [0.1, 0.15) is 207 Å². The van der Waals surface area contributed by atoms with E-state index >= 15 is 0 Å². The molecule has 0 rings (SSSR count). The maximum atomic E-state index is 11.3. The first kappa shape index (κ1) is 40.8. The Hall–Kier alpha value is -1.24. The summed E-state index contributed by atoms with van der Waals surface area (Å²) in [5, 5.41) is 0. The predicted molar refractivity (Wildman–Crippen MR) is 183 cm³/mol. The summed E-state index contributed by atoms with van der Waals surface area (Å²) in [6.07, 6.45) is 41.1. The largest absolute Gasteiger partial charge is 0.234 e. The van der Waals surface area contributed by atoms with Gasteiger partial charge >= 0.3 is 0 Å². The number of unbranched alkanes of at least 4 members (excludes halogenated alkanes) is 21. The van der Waals surface area contributed by atoms with Gasteiger partial charge in [-0.1, -0.05) is 181 Å². The van der Waals surface area contributed by atoms with E-state index in [4.69, 9.17) is 0 Å². The van der Waals surface area contributed by atoms with Crippen molar-refractivity contribution >= 4 is 12.2 Å². The lowest BCUT2D eigenvalue weighted by atomic mass is 9.70. The van der Waals surface area contributed by atoms with Crippen LogP contribution in [-0.4, -0.2) is 25.2 Å². The lowest BCUT2D eigenvalue weighted by Crippen LogP contribution is -2.29. The molecule has 0 aliphatic carbocycles. The molecule has 0 aliphatic heterocycles. The Bertz CT molecular complexity index is 631. The van der Waals surface area contributed by atoms with Crippen molar-refractivity contribution in [2.24, 2.45) is 21.3 Å². The first-order valence-electron chi connectivity index (χ1n) is 18.7. The molecule has 0 radical (unpaired) electrons. The fourth-order valence-electron chi connectivity index (χ4n) is 6.84. The first-order valence-corrected chi connectivity index (χ1v) is 18.7. The number of isocyanates is 2. The summed E-state index contributed by atoms with van der Waals surface area (Å²) >= 11 is 0. The molecule has 0 fully saturated rings. The fourth-order valence-corrected chi connectivity index (χ4v) is 6.84. The van der Waals surface area contributed by atoms with Crippen LogP contribution in [-0.2, 0) is 9.59 Å². The third-order valence-electron chi connectivity index (χ3n) is 9.50. The molecular formula is C38H72N2O2. The first-order chi connectivity index (χ1) is 20.7. The zero-order valence-corrected chi connectivity index (χ0v) is 28.7. The monoisotopic (exact) mass is 589 g/mol. The average molecular weight is 589 g/mol. The number of nitrogens with zero attached hydrogens (tertiary/aromatic N) is 2. The van der Waals surface area contributed by atoms with Crippen molar-refractivity contribution in [2.45, 2.75) is 207 Å². The van der Waals surface area contributed by atoms with Crippen LogP contribution in [0.15, 0.2) is 9.98 Å². The van der Waals surface area contributed by atoms with Gasteiger partial charge in [-0.25, -0.2) is 19.6 Å². The Morgan fingerprint density at radius 3 is 1.26 bits per heavy atom. The Kier molecular flexibility index (Phi) is 31.7. The van der Waals surface area contributed by atoms with E-state index in [2.05, 4.69) is 30.8 Å². The second kappa shape index (κ2) is 32.7. The summed E-state index contributed by atoms with van der Waals surface area (Å²) in [7, 11) is 0. The summed E-state index contributed by atoms with van der Waals surface area (Å²) in [6, 6.07) is 0. The smallest absolute Gasteiger partial charge is 0.211 e. The summed E-state index contributed by atoms with van der Waals surface area (Å²) in [5.41, 5.74) is 0.0809. The van der Waals surface area contributed by atoms with E-state index in [0.717, 1.165) is 25.7 Å². The lowest BCUT2D eigenvalue weighted by Gasteiger charge is -2.36. The minimum atomic E-state index is 0.0809. The van der Waals surface area contributed by atoms with Crippen LogP contribution in [0.2, 0.25) is 0 Å². The van der Waals surface area contributed by atoms with Gasteiger partial charge in [-0.3, -0.25) is 0 Å². The Morgan fingerprint density at radius 2 is 0.857 bits per heavy atom. The van der Waals surface area contributed by atoms with Gasteiger partial charge in [0.15, 0.2) is 0 Å². The van der Waals surface area contributed by atoms with Crippen LogP contribution in [0.25, 0.3) is 0 Å². The van der Waals surface area contributed by atoms with Crippen molar-refractivity contribution in [3.05, 3.63) is 0 Å². The van der Waals surface area contributed by atoms with Crippen LogP contribution in [0, 0.1) is 11.3 Å². The molecular weight excluding hydrogens is 516 g/mol. The molecule has 0 saturated carbocycles. The molecule has 1 atom stereocenters. The van der Waals surface area contributed by atoms with Gasteiger partial charge in [0.1, 0.15) is 0 Å². The number of hydrogen-bond donors (Lipinski definition) is 0. The highest BCUT2D eigenvalue weighted by atomic mass is 16.1. The molecule has 1 unspecified atom stereocenters. The third-order valence-corrected chi connectivity index (χ3v) is 9.50. The molecule has 246 valence electrons. The normalized spacial score (nSPS) is 12.2. The zero-order valence-electron chi connectivity index (χ0n) is 28.7. The summed E-state index contributed by atoms with van der Waals surface area (Å²) in [4.78, 5) is 30.4. The Balaban J connectivity index is 5.20. The van der Waals surface area contributed by atoms with E-state index < -0.39 is 0 Å². The maximum absolute atomic E-state index is 11.3. The number of carbonyl (C=O) groups excluding carboxylic acids is 2. The van der Waals surface area contributed by atoms with E-state index in [1.165, 1.54) is 161 Å². The molecule has 0 N–H and O–H groups in total. The molecule has 0 aromatic rings. The number of aliphatic imine (C=N–C) groups is 2. The van der Waals surface area contributed by atoms with E-state index in [1.54, 1.807) is 6.08 Å². The Morgan fingerprint density at radius 1 is 0.476 bits per heavy atom. The van der Waals surface area contributed by atoms with Crippen molar-refractivity contribution in [1.29, 1.82) is 0 Å². The molecule has 0 aliphatic rings. The lowest BCUT2D eigenvalue weighted by molar-refractivity contribution is 0.165. The van der Waals surface area contributed by atoms with E-state index in [1.807, 2.05) is 6.08 Å². The predicted octanol–water partition coefficient (Wildman–Crippen LogP) is 12.6. The number of hydrogen-bond acceptors (Lipinski definition) is 4. The van der Waals surface area contributed by atoms with Crippen LogP contribution in [0.5, 0.6) is 0 Å². The Labute approximate surface area is 262 Å². The van der Waals surface area contributed by atoms with Crippen LogP contribution < -0.4 is 0 Å². The van der Waals surface area contributed by atoms with Gasteiger partial charge in [0.05, 0.1) is 13.1 Å². The van der Waals surface area contributed by atoms with E-state index in [-0.39, 0.29) is 5.41 Å². The molecule has 0 amide bonds. The molecule has 42 heavy (non-hydrogen) atoms. The summed E-state index contributed by atoms with van der Waals surface area (Å²) in [6.45, 7) is 8.03. The van der Waals surface area contributed by atoms with Crippen LogP contribution in [0.3, 0.4) is 0 Å². The van der Waals surface area contributed by atoms with Gasteiger partial charge in [0.2, 0.25) is 12.2 Å². The average Bonchev–Trinajstić information content (AvgIpc) is 3.00. The van der Waals surface area contributed by atoms with E-state index in [0.29, 0.717) is 19.0 Å². The highest BCUT2D eigenvalue weighted by molar-refractivity contribution is 5.33. The molecule has 0 heterocycles. The topological polar surface area (TPSA) is 58.9 Å². The van der Waals surface area contributed by atoms with Crippen LogP contribution in [0.4, 0.5) is 0 Å². The SMILES string of the molecule is CCCCCCCCCCC(CCN=C=O)CC(CCCCCCCCCC)(CCCCCCCCCC)CN=C=O. The van der Waals surface area contributed by atoms with Gasteiger partial charge < -0.3 is 0 Å². The highest BCUT2D eigenvalue weighted by Crippen LogP contribution is 2.41. The second-order valence-electron chi connectivity index (χ2n) is 13.5. The highest BCUT2D eigenvalue weighted by Gasteiger charge is 2.32. The van der Waals surface area contributed by atoms with Gasteiger partial charge in [0, 0.05) is 0 Å². The summed E-state index contributed by atoms with van der Waals surface area (Å²) < 4.78 is 0. The molecule has 4 nitrogen and oxygen atoms in total. The quantitative estimate of drug-likeness (QED) is 0.0426. The van der Waals surface area contributed by atoms with Crippen molar-refractivity contribution in [2.75, 3.05) is 13.1 Å². The van der Waals surface area contributed by atoms with Crippen molar-refractivity contribution in [3.63, 3.8) is 0 Å². The van der Waals surface area contributed by atoms with E-state index in [9.17, 15) is 9.59 Å². The van der Waals surface area contributed by atoms with Crippen molar-refractivity contribution in [3.8, 4) is 0 Å². The molecule has 0 bridgehead atoms. The van der Waals surface area contributed by atoms with Gasteiger partial charge in [-0.05, 0) is 37.0 Å². The van der Waals surface area contributed by atoms with Crippen molar-refractivity contribution < 1.29 is 9.59 Å². The number of rotatable bonds is 34. The molecule has 0 aromatic heterocycles. The van der Waals surface area contributed by atoms with Crippen molar-refractivity contribution in [1.82, 2.24) is 0 Å². The molecule has 0 aromatic carbocycles. The second-order valence-corrected chi connectivity index (χ2v) is 13.5. The third kappa shape index (κ3) is 26.4. The fraction of sp³-hybridized carbons (Fsp3) is 0.947. The standard InChI is InChI=1S/C38H72N2O2/c1-4-7-10-13-16-19-22-25-28-37(29-32-39-35-41)33-38(34-40-36-42,30-26-23-20-17-14-11-8-5-2)31-27-24-21-18-15-12-9-6-3/h37H,4-34H2,1-3H3. The molecule has 4 heteroatoms.